The Morgan fingerprint density at radius 1 is 1.42 bits per heavy atom. The number of ether oxygens (including phenoxy) is 1. The summed E-state index contributed by atoms with van der Waals surface area (Å²) in [6, 6.07) is 3.40. The number of phenolic OH excluding ortho intramolecular Hbond substituents is 1. The summed E-state index contributed by atoms with van der Waals surface area (Å²) in [5.74, 6) is 3.90. The van der Waals surface area contributed by atoms with Crippen molar-refractivity contribution < 1.29 is 9.84 Å². The first-order valence-corrected chi connectivity index (χ1v) is 8.08. The van der Waals surface area contributed by atoms with Crippen LogP contribution in [-0.4, -0.2) is 30.3 Å². The fraction of sp³-hybridized carbons (Fsp3) is 0.571. The van der Waals surface area contributed by atoms with Gasteiger partial charge in [-0.3, -0.25) is 0 Å². The summed E-state index contributed by atoms with van der Waals surface area (Å²) in [6.45, 7) is 1.61. The van der Waals surface area contributed by atoms with E-state index in [1.54, 1.807) is 12.1 Å². The Labute approximate surface area is 123 Å². The zero-order valence-corrected chi connectivity index (χ0v) is 12.7. The van der Waals surface area contributed by atoms with E-state index < -0.39 is 0 Å². The van der Waals surface area contributed by atoms with Crippen LogP contribution in [0, 0.1) is 5.92 Å². The van der Waals surface area contributed by atoms with Crippen molar-refractivity contribution in [2.24, 2.45) is 5.92 Å². The first-order chi connectivity index (χ1) is 9.20. The summed E-state index contributed by atoms with van der Waals surface area (Å²) in [4.78, 5) is 0. The first kappa shape index (κ1) is 14.8. The number of aromatic hydroxyl groups is 1. The van der Waals surface area contributed by atoms with Crippen LogP contribution in [0.25, 0.3) is 0 Å². The van der Waals surface area contributed by atoms with Crippen molar-refractivity contribution in [2.45, 2.75) is 19.4 Å². The quantitative estimate of drug-likeness (QED) is 0.876. The number of halogens is 1. The molecule has 0 saturated carbocycles. The Bertz CT molecular complexity index is 422. The summed E-state index contributed by atoms with van der Waals surface area (Å²) in [6.07, 6.45) is 2.56. The number of hydrogen-bond acceptors (Lipinski definition) is 4. The minimum absolute atomic E-state index is 0.179. The smallest absolute Gasteiger partial charge is 0.162 e. The van der Waals surface area contributed by atoms with Crippen molar-refractivity contribution in [1.82, 2.24) is 5.32 Å². The van der Waals surface area contributed by atoms with Gasteiger partial charge in [-0.1, -0.05) is 11.6 Å². The normalized spacial score (nSPS) is 16.5. The largest absolute Gasteiger partial charge is 0.504 e. The number of hydrogen-bond donors (Lipinski definition) is 2. The van der Waals surface area contributed by atoms with Crippen LogP contribution < -0.4 is 10.1 Å². The lowest BCUT2D eigenvalue weighted by Crippen LogP contribution is -2.25. The highest BCUT2D eigenvalue weighted by atomic mass is 35.5. The molecule has 0 aromatic heterocycles. The Morgan fingerprint density at radius 3 is 2.84 bits per heavy atom. The van der Waals surface area contributed by atoms with E-state index >= 15 is 0 Å². The zero-order chi connectivity index (χ0) is 13.7. The van der Waals surface area contributed by atoms with Crippen LogP contribution in [0.3, 0.4) is 0 Å². The second-order valence-corrected chi connectivity index (χ2v) is 6.46. The van der Waals surface area contributed by atoms with Gasteiger partial charge in [-0.25, -0.2) is 0 Å². The topological polar surface area (TPSA) is 41.5 Å². The molecule has 2 N–H and O–H groups in total. The van der Waals surface area contributed by atoms with E-state index in [-0.39, 0.29) is 5.75 Å². The number of methoxy groups -OCH3 is 1. The molecule has 3 nitrogen and oxygen atoms in total. The third kappa shape index (κ3) is 4.20. The van der Waals surface area contributed by atoms with Gasteiger partial charge in [0, 0.05) is 23.2 Å². The van der Waals surface area contributed by atoms with E-state index in [2.05, 4.69) is 5.32 Å². The predicted molar refractivity (Wildman–Crippen MR) is 81.4 cm³/mol. The lowest BCUT2D eigenvalue weighted by molar-refractivity contribution is 0.368. The molecule has 0 amide bonds. The molecule has 106 valence electrons. The summed E-state index contributed by atoms with van der Waals surface area (Å²) < 4.78 is 5.10. The van der Waals surface area contributed by atoms with Crippen molar-refractivity contribution in [3.8, 4) is 11.5 Å². The Balaban J connectivity index is 1.89. The molecular formula is C14H20ClNO2S. The molecule has 5 heteroatoms. The number of benzene rings is 1. The molecule has 0 spiro atoms. The average molecular weight is 302 g/mol. The van der Waals surface area contributed by atoms with Crippen LogP contribution in [0.1, 0.15) is 18.4 Å². The van der Waals surface area contributed by atoms with Gasteiger partial charge in [0.2, 0.25) is 0 Å². The Morgan fingerprint density at radius 2 is 2.16 bits per heavy atom. The highest BCUT2D eigenvalue weighted by Gasteiger charge is 2.14. The minimum atomic E-state index is 0.179. The average Bonchev–Trinajstić information content (AvgIpc) is 2.43. The van der Waals surface area contributed by atoms with Crippen molar-refractivity contribution in [2.75, 3.05) is 25.2 Å². The molecule has 1 aromatic rings. The molecule has 1 aliphatic heterocycles. The van der Waals surface area contributed by atoms with Crippen LogP contribution in [0.5, 0.6) is 11.5 Å². The van der Waals surface area contributed by atoms with Crippen LogP contribution in [0.4, 0.5) is 0 Å². The fourth-order valence-electron chi connectivity index (χ4n) is 2.28. The van der Waals surface area contributed by atoms with Crippen LogP contribution in [-0.2, 0) is 6.54 Å². The maximum atomic E-state index is 10.0. The fourth-order valence-corrected chi connectivity index (χ4v) is 3.72. The summed E-state index contributed by atoms with van der Waals surface area (Å²) in [5, 5.41) is 14.0. The predicted octanol–water partition coefficient (Wildman–Crippen LogP) is 3.29. The summed E-state index contributed by atoms with van der Waals surface area (Å²) in [7, 11) is 1.53. The Kier molecular flexibility index (Phi) is 5.67. The van der Waals surface area contributed by atoms with Crippen molar-refractivity contribution >= 4 is 23.4 Å². The lowest BCUT2D eigenvalue weighted by atomic mass is 10.0. The molecule has 19 heavy (non-hydrogen) atoms. The SMILES string of the molecule is COc1cc(Cl)cc(CNCC2CCSCC2)c1O. The number of nitrogens with one attached hydrogen (secondary N) is 1. The highest BCUT2D eigenvalue weighted by molar-refractivity contribution is 7.99. The molecular weight excluding hydrogens is 282 g/mol. The minimum Gasteiger partial charge on any atom is -0.504 e. The second-order valence-electron chi connectivity index (χ2n) is 4.80. The molecule has 0 atom stereocenters. The molecule has 1 aliphatic rings. The van der Waals surface area contributed by atoms with Gasteiger partial charge in [-0.15, -0.1) is 0 Å². The van der Waals surface area contributed by atoms with Gasteiger partial charge in [0.25, 0.3) is 0 Å². The van der Waals surface area contributed by atoms with Gasteiger partial charge < -0.3 is 15.2 Å². The van der Waals surface area contributed by atoms with Gasteiger partial charge >= 0.3 is 0 Å². The molecule has 1 aromatic carbocycles. The third-order valence-electron chi connectivity index (χ3n) is 3.43. The number of phenols is 1. The number of rotatable bonds is 5. The molecule has 0 unspecified atom stereocenters. The molecule has 2 rings (SSSR count). The van der Waals surface area contributed by atoms with Crippen molar-refractivity contribution in [3.63, 3.8) is 0 Å². The van der Waals surface area contributed by atoms with E-state index in [9.17, 15) is 5.11 Å². The van der Waals surface area contributed by atoms with Crippen molar-refractivity contribution in [1.29, 1.82) is 0 Å². The van der Waals surface area contributed by atoms with Crippen LogP contribution >= 0.6 is 23.4 Å². The summed E-state index contributed by atoms with van der Waals surface area (Å²) in [5.41, 5.74) is 0.787. The highest BCUT2D eigenvalue weighted by Crippen LogP contribution is 2.33. The molecule has 0 bridgehead atoms. The van der Waals surface area contributed by atoms with E-state index in [1.807, 2.05) is 11.8 Å². The van der Waals surface area contributed by atoms with E-state index in [0.29, 0.717) is 17.3 Å². The molecule has 0 radical (unpaired) electrons. The van der Waals surface area contributed by atoms with Gasteiger partial charge in [0.1, 0.15) is 0 Å². The standard InChI is InChI=1S/C14H20ClNO2S/c1-18-13-7-12(15)6-11(14(13)17)9-16-8-10-2-4-19-5-3-10/h6-7,10,16-17H,2-5,8-9H2,1H3. The van der Waals surface area contributed by atoms with Crippen LogP contribution in [0.2, 0.25) is 5.02 Å². The van der Waals surface area contributed by atoms with Crippen LogP contribution in [0.15, 0.2) is 12.1 Å². The summed E-state index contributed by atoms with van der Waals surface area (Å²) >= 11 is 8.04. The zero-order valence-electron chi connectivity index (χ0n) is 11.1. The molecule has 1 fully saturated rings. The van der Waals surface area contributed by atoms with Gasteiger partial charge in [-0.05, 0) is 42.9 Å². The molecule has 0 aliphatic carbocycles. The van der Waals surface area contributed by atoms with Gasteiger partial charge in [0.05, 0.1) is 7.11 Å². The van der Waals surface area contributed by atoms with Gasteiger partial charge in [-0.2, -0.15) is 11.8 Å². The molecule has 1 heterocycles. The second kappa shape index (κ2) is 7.27. The monoisotopic (exact) mass is 301 g/mol. The van der Waals surface area contributed by atoms with E-state index in [4.69, 9.17) is 16.3 Å². The van der Waals surface area contributed by atoms with Crippen molar-refractivity contribution in [3.05, 3.63) is 22.7 Å². The van der Waals surface area contributed by atoms with Gasteiger partial charge in [0.15, 0.2) is 11.5 Å². The number of thioether (sulfide) groups is 1. The lowest BCUT2D eigenvalue weighted by Gasteiger charge is -2.21. The molecule has 1 saturated heterocycles. The maximum absolute atomic E-state index is 10.0. The maximum Gasteiger partial charge on any atom is 0.162 e. The Hall–Kier alpha value is -0.580. The van der Waals surface area contributed by atoms with E-state index in [1.165, 1.54) is 31.5 Å². The third-order valence-corrected chi connectivity index (χ3v) is 4.69. The first-order valence-electron chi connectivity index (χ1n) is 6.54. The van der Waals surface area contributed by atoms with E-state index in [0.717, 1.165) is 18.0 Å².